The van der Waals surface area contributed by atoms with Crippen molar-refractivity contribution < 1.29 is 17.9 Å². The highest BCUT2D eigenvalue weighted by molar-refractivity contribution is 7.98. The van der Waals surface area contributed by atoms with Crippen molar-refractivity contribution in [3.8, 4) is 5.75 Å². The number of rotatable bonds is 7. The quantitative estimate of drug-likeness (QED) is 0.773. The lowest BCUT2D eigenvalue weighted by atomic mass is 10.2. The van der Waals surface area contributed by atoms with Gasteiger partial charge in [0.2, 0.25) is 0 Å². The Morgan fingerprint density at radius 3 is 2.78 bits per heavy atom. The van der Waals surface area contributed by atoms with E-state index < -0.39 is 6.36 Å². The average Bonchev–Trinajstić information content (AvgIpc) is 2.27. The van der Waals surface area contributed by atoms with E-state index >= 15 is 0 Å². The van der Waals surface area contributed by atoms with Gasteiger partial charge in [-0.15, -0.1) is 13.2 Å². The van der Waals surface area contributed by atoms with E-state index in [1.807, 2.05) is 6.26 Å². The molecule has 2 nitrogen and oxygen atoms in total. The van der Waals surface area contributed by atoms with Gasteiger partial charge in [0.15, 0.2) is 0 Å². The molecule has 1 N–H and O–H groups in total. The van der Waals surface area contributed by atoms with Crippen LogP contribution >= 0.6 is 11.8 Å². The minimum Gasteiger partial charge on any atom is -0.406 e. The van der Waals surface area contributed by atoms with Crippen LogP contribution in [0.15, 0.2) is 24.3 Å². The van der Waals surface area contributed by atoms with Crippen molar-refractivity contribution in [1.29, 1.82) is 0 Å². The van der Waals surface area contributed by atoms with Crippen LogP contribution in [-0.4, -0.2) is 24.9 Å². The smallest absolute Gasteiger partial charge is 0.406 e. The van der Waals surface area contributed by atoms with Gasteiger partial charge in [-0.2, -0.15) is 11.8 Å². The Bertz CT molecular complexity index is 357. The largest absolute Gasteiger partial charge is 0.573 e. The molecule has 0 saturated carbocycles. The van der Waals surface area contributed by atoms with Crippen molar-refractivity contribution >= 4 is 11.8 Å². The van der Waals surface area contributed by atoms with Crippen LogP contribution in [0.25, 0.3) is 0 Å². The van der Waals surface area contributed by atoms with Crippen LogP contribution < -0.4 is 10.1 Å². The number of nitrogens with one attached hydrogen (secondary N) is 1. The molecule has 0 bridgehead atoms. The molecule has 0 unspecified atom stereocenters. The zero-order chi connectivity index (χ0) is 13.4. The first-order chi connectivity index (χ1) is 8.51. The standard InChI is InChI=1S/C12H16F3NOS/c1-18-7-3-6-16-9-10-4-2-5-11(8-10)17-12(13,14)15/h2,4-5,8,16H,3,6-7,9H2,1H3. The van der Waals surface area contributed by atoms with Crippen molar-refractivity contribution in [1.82, 2.24) is 5.32 Å². The zero-order valence-corrected chi connectivity index (χ0v) is 10.9. The summed E-state index contributed by atoms with van der Waals surface area (Å²) in [6.45, 7) is 1.40. The van der Waals surface area contributed by atoms with Crippen LogP contribution in [0.3, 0.4) is 0 Å². The lowest BCUT2D eigenvalue weighted by Crippen LogP contribution is -2.18. The Kier molecular flexibility index (Phi) is 6.35. The minimum absolute atomic E-state index is 0.175. The van der Waals surface area contributed by atoms with Gasteiger partial charge < -0.3 is 10.1 Å². The average molecular weight is 279 g/mol. The summed E-state index contributed by atoms with van der Waals surface area (Å²) in [6, 6.07) is 6.02. The molecule has 0 heterocycles. The number of thioether (sulfide) groups is 1. The summed E-state index contributed by atoms with van der Waals surface area (Å²) in [5, 5.41) is 3.18. The topological polar surface area (TPSA) is 21.3 Å². The van der Waals surface area contributed by atoms with Crippen LogP contribution in [0, 0.1) is 0 Å². The van der Waals surface area contributed by atoms with E-state index in [-0.39, 0.29) is 5.75 Å². The molecule has 0 amide bonds. The van der Waals surface area contributed by atoms with E-state index in [0.29, 0.717) is 6.54 Å². The molecule has 0 atom stereocenters. The first-order valence-corrected chi connectivity index (χ1v) is 6.95. The summed E-state index contributed by atoms with van der Waals surface area (Å²) < 4.78 is 39.9. The lowest BCUT2D eigenvalue weighted by molar-refractivity contribution is -0.274. The third-order valence-electron chi connectivity index (χ3n) is 2.16. The normalized spacial score (nSPS) is 11.6. The highest BCUT2D eigenvalue weighted by atomic mass is 32.2. The highest BCUT2D eigenvalue weighted by Gasteiger charge is 2.31. The molecule has 102 valence electrons. The predicted octanol–water partition coefficient (Wildman–Crippen LogP) is 3.43. The van der Waals surface area contributed by atoms with Crippen molar-refractivity contribution in [3.05, 3.63) is 29.8 Å². The molecule has 0 aliphatic heterocycles. The molecule has 1 aromatic rings. The first kappa shape index (κ1) is 15.2. The van der Waals surface area contributed by atoms with Crippen molar-refractivity contribution in [3.63, 3.8) is 0 Å². The molecule has 18 heavy (non-hydrogen) atoms. The van der Waals surface area contributed by atoms with Gasteiger partial charge in [-0.25, -0.2) is 0 Å². The molecule has 0 aromatic heterocycles. The molecule has 1 rings (SSSR count). The van der Waals surface area contributed by atoms with Gasteiger partial charge in [0.05, 0.1) is 0 Å². The highest BCUT2D eigenvalue weighted by Crippen LogP contribution is 2.23. The maximum atomic E-state index is 12.0. The van der Waals surface area contributed by atoms with Gasteiger partial charge in [-0.1, -0.05) is 12.1 Å². The maximum absolute atomic E-state index is 12.0. The number of hydrogen-bond donors (Lipinski definition) is 1. The Hall–Kier alpha value is -0.880. The second-order valence-electron chi connectivity index (χ2n) is 3.72. The monoisotopic (exact) mass is 279 g/mol. The number of alkyl halides is 3. The maximum Gasteiger partial charge on any atom is 0.573 e. The van der Waals surface area contributed by atoms with Crippen LogP contribution in [-0.2, 0) is 6.54 Å². The van der Waals surface area contributed by atoms with E-state index in [1.54, 1.807) is 23.9 Å². The van der Waals surface area contributed by atoms with Crippen molar-refractivity contribution in [2.45, 2.75) is 19.3 Å². The third-order valence-corrected chi connectivity index (χ3v) is 2.86. The molecule has 0 aliphatic carbocycles. The lowest BCUT2D eigenvalue weighted by Gasteiger charge is -2.10. The van der Waals surface area contributed by atoms with Crippen molar-refractivity contribution in [2.75, 3.05) is 18.6 Å². The molecule has 0 radical (unpaired) electrons. The molecule has 6 heteroatoms. The molecular weight excluding hydrogens is 263 g/mol. The molecular formula is C12H16F3NOS. The second kappa shape index (κ2) is 7.53. The van der Waals surface area contributed by atoms with E-state index in [2.05, 4.69) is 10.1 Å². The fourth-order valence-corrected chi connectivity index (χ4v) is 1.86. The zero-order valence-electron chi connectivity index (χ0n) is 10.1. The fraction of sp³-hybridized carbons (Fsp3) is 0.500. The molecule has 0 fully saturated rings. The van der Waals surface area contributed by atoms with E-state index in [0.717, 1.165) is 24.3 Å². The molecule has 0 spiro atoms. The molecule has 0 aliphatic rings. The Morgan fingerprint density at radius 1 is 1.33 bits per heavy atom. The van der Waals surface area contributed by atoms with Gasteiger partial charge in [0.25, 0.3) is 0 Å². The summed E-state index contributed by atoms with van der Waals surface area (Å²) in [5.74, 6) is 0.899. The van der Waals surface area contributed by atoms with Crippen LogP contribution in [0.4, 0.5) is 13.2 Å². The Labute approximate surface area is 109 Å². The summed E-state index contributed by atoms with van der Waals surface area (Å²) in [6.07, 6.45) is -1.55. The Morgan fingerprint density at radius 2 is 2.11 bits per heavy atom. The number of ether oxygens (including phenoxy) is 1. The van der Waals surface area contributed by atoms with E-state index in [9.17, 15) is 13.2 Å². The summed E-state index contributed by atoms with van der Waals surface area (Å²) in [5.41, 5.74) is 0.779. The summed E-state index contributed by atoms with van der Waals surface area (Å²) >= 11 is 1.77. The molecule has 0 saturated heterocycles. The molecule has 1 aromatic carbocycles. The fourth-order valence-electron chi connectivity index (χ4n) is 1.43. The van der Waals surface area contributed by atoms with Crippen LogP contribution in [0.1, 0.15) is 12.0 Å². The Balaban J connectivity index is 2.40. The van der Waals surface area contributed by atoms with Gasteiger partial charge in [0.1, 0.15) is 5.75 Å². The van der Waals surface area contributed by atoms with E-state index in [4.69, 9.17) is 0 Å². The second-order valence-corrected chi connectivity index (χ2v) is 4.70. The predicted molar refractivity (Wildman–Crippen MR) is 67.8 cm³/mol. The first-order valence-electron chi connectivity index (χ1n) is 5.55. The van der Waals surface area contributed by atoms with Gasteiger partial charge in [0, 0.05) is 6.54 Å². The van der Waals surface area contributed by atoms with Crippen LogP contribution in [0.5, 0.6) is 5.75 Å². The number of halogens is 3. The van der Waals surface area contributed by atoms with Gasteiger partial charge >= 0.3 is 6.36 Å². The van der Waals surface area contributed by atoms with Crippen LogP contribution in [0.2, 0.25) is 0 Å². The number of hydrogen-bond acceptors (Lipinski definition) is 3. The third kappa shape index (κ3) is 6.76. The van der Waals surface area contributed by atoms with E-state index in [1.165, 1.54) is 12.1 Å². The SMILES string of the molecule is CSCCCNCc1cccc(OC(F)(F)F)c1. The van der Waals surface area contributed by atoms with Gasteiger partial charge in [-0.3, -0.25) is 0 Å². The minimum atomic E-state index is -4.63. The number of benzene rings is 1. The summed E-state index contributed by atoms with van der Waals surface area (Å²) in [4.78, 5) is 0. The van der Waals surface area contributed by atoms with Crippen molar-refractivity contribution in [2.24, 2.45) is 0 Å². The summed E-state index contributed by atoms with van der Waals surface area (Å²) in [7, 11) is 0. The van der Waals surface area contributed by atoms with Gasteiger partial charge in [-0.05, 0) is 42.7 Å².